The molecule has 7 atom stereocenters. The van der Waals surface area contributed by atoms with Gasteiger partial charge in [0.1, 0.15) is 24.4 Å². The summed E-state index contributed by atoms with van der Waals surface area (Å²) in [5, 5.41) is 34.3. The van der Waals surface area contributed by atoms with Gasteiger partial charge in [-0.05, 0) is 26.7 Å². The number of hydrogen-bond acceptors (Lipinski definition) is 9. The van der Waals surface area contributed by atoms with Crippen LogP contribution >= 0.6 is 0 Å². The van der Waals surface area contributed by atoms with Gasteiger partial charge in [0.25, 0.3) is 0 Å². The average molecular weight is 449 g/mol. The van der Waals surface area contributed by atoms with Crippen molar-refractivity contribution in [1.82, 2.24) is 10.6 Å². The van der Waals surface area contributed by atoms with Gasteiger partial charge in [0, 0.05) is 13.2 Å². The molecule has 3 amide bonds. The summed E-state index contributed by atoms with van der Waals surface area (Å²) in [7, 11) is 0. The van der Waals surface area contributed by atoms with Crippen molar-refractivity contribution in [3.63, 3.8) is 0 Å². The Balaban J connectivity index is 2.21. The third-order valence-electron chi connectivity index (χ3n) is 4.91. The van der Waals surface area contributed by atoms with Crippen LogP contribution in [-0.2, 0) is 23.9 Å². The smallest absolute Gasteiger partial charge is 0.243 e. The lowest BCUT2D eigenvalue weighted by Crippen LogP contribution is -2.57. The number of aliphatic hydroxyl groups excluding tert-OH is 3. The van der Waals surface area contributed by atoms with E-state index < -0.39 is 60.5 Å². The summed E-state index contributed by atoms with van der Waals surface area (Å²) in [5.41, 5.74) is 10.6. The van der Waals surface area contributed by atoms with Gasteiger partial charge >= 0.3 is 0 Å². The van der Waals surface area contributed by atoms with Crippen LogP contribution in [0.5, 0.6) is 0 Å². The van der Waals surface area contributed by atoms with Crippen LogP contribution in [-0.4, -0.2) is 89.0 Å². The van der Waals surface area contributed by atoms with E-state index in [1.165, 1.54) is 6.92 Å². The molecule has 31 heavy (non-hydrogen) atoms. The van der Waals surface area contributed by atoms with Crippen molar-refractivity contribution in [2.75, 3.05) is 13.2 Å². The average Bonchev–Trinajstić information content (AvgIpc) is 2.70. The zero-order chi connectivity index (χ0) is 23.6. The maximum atomic E-state index is 12.2. The normalized spacial score (nSPS) is 27.9. The Morgan fingerprint density at radius 3 is 2.29 bits per heavy atom. The van der Waals surface area contributed by atoms with Crippen molar-refractivity contribution in [3.05, 3.63) is 0 Å². The SMILES string of the molecule is CC1OC(OCCCCCCNC(=O)[C@H](CC(N)=O)NC(=O)[C@@H](C)N)C(O)C(O)C1O. The lowest BCUT2D eigenvalue weighted by molar-refractivity contribution is -0.293. The number of nitrogens with one attached hydrogen (secondary N) is 2. The lowest BCUT2D eigenvalue weighted by Gasteiger charge is -2.38. The first kappa shape index (κ1) is 27.2. The van der Waals surface area contributed by atoms with E-state index in [0.29, 0.717) is 26.0 Å². The highest BCUT2D eigenvalue weighted by Crippen LogP contribution is 2.21. The second-order valence-electron chi connectivity index (χ2n) is 7.78. The standard InChI is InChI=1S/C19H36N4O8/c1-10(20)17(28)23-12(9-13(21)24)18(29)22-7-5-3-4-6-8-30-19-16(27)15(26)14(25)11(2)31-19/h10-12,14-16,19,25-27H,3-9,20H2,1-2H3,(H2,21,24)(H,22,29)(H,23,28)/t10-,11?,12+,14?,15?,16?,19?/m1/s1. The summed E-state index contributed by atoms with van der Waals surface area (Å²) in [6.07, 6.45) is -2.88. The van der Waals surface area contributed by atoms with Gasteiger partial charge < -0.3 is 46.9 Å². The molecule has 12 nitrogen and oxygen atoms in total. The molecule has 0 radical (unpaired) electrons. The first-order valence-corrected chi connectivity index (χ1v) is 10.5. The van der Waals surface area contributed by atoms with E-state index in [-0.39, 0.29) is 6.42 Å². The van der Waals surface area contributed by atoms with Gasteiger partial charge in [-0.2, -0.15) is 0 Å². The predicted molar refractivity (Wildman–Crippen MR) is 109 cm³/mol. The fourth-order valence-corrected chi connectivity index (χ4v) is 2.98. The van der Waals surface area contributed by atoms with Crippen LogP contribution in [0.4, 0.5) is 0 Å². The maximum Gasteiger partial charge on any atom is 0.243 e. The molecule has 1 rings (SSSR count). The summed E-state index contributed by atoms with van der Waals surface area (Å²) in [4.78, 5) is 35.0. The van der Waals surface area contributed by atoms with E-state index >= 15 is 0 Å². The fourth-order valence-electron chi connectivity index (χ4n) is 2.98. The second kappa shape index (κ2) is 13.6. The third-order valence-corrected chi connectivity index (χ3v) is 4.91. The minimum atomic E-state index is -1.33. The van der Waals surface area contributed by atoms with Crippen LogP contribution in [0.1, 0.15) is 46.0 Å². The first-order valence-electron chi connectivity index (χ1n) is 10.5. The number of amides is 3. The Kier molecular flexibility index (Phi) is 11.9. The van der Waals surface area contributed by atoms with Crippen molar-refractivity contribution in [1.29, 1.82) is 0 Å². The van der Waals surface area contributed by atoms with Crippen molar-refractivity contribution >= 4 is 17.7 Å². The number of unbranched alkanes of at least 4 members (excludes halogenated alkanes) is 3. The summed E-state index contributed by atoms with van der Waals surface area (Å²) < 4.78 is 10.8. The van der Waals surface area contributed by atoms with Gasteiger partial charge in [-0.1, -0.05) is 12.8 Å². The van der Waals surface area contributed by atoms with E-state index in [0.717, 1.165) is 12.8 Å². The molecule has 0 aromatic rings. The molecule has 1 fully saturated rings. The van der Waals surface area contributed by atoms with Crippen molar-refractivity contribution in [3.8, 4) is 0 Å². The van der Waals surface area contributed by atoms with Crippen LogP contribution in [0.15, 0.2) is 0 Å². The summed E-state index contributed by atoms with van der Waals surface area (Å²) in [6.45, 7) is 3.70. The number of carbonyl (C=O) groups excluding carboxylic acids is 3. The predicted octanol–water partition coefficient (Wildman–Crippen LogP) is -2.79. The molecule has 5 unspecified atom stereocenters. The quantitative estimate of drug-likeness (QED) is 0.145. The minimum Gasteiger partial charge on any atom is -0.388 e. The zero-order valence-corrected chi connectivity index (χ0v) is 18.0. The van der Waals surface area contributed by atoms with Crippen molar-refractivity contribution < 1.29 is 39.2 Å². The highest BCUT2D eigenvalue weighted by molar-refractivity contribution is 5.92. The van der Waals surface area contributed by atoms with E-state index in [9.17, 15) is 29.7 Å². The summed E-state index contributed by atoms with van der Waals surface area (Å²) >= 11 is 0. The number of ether oxygens (including phenoxy) is 2. The monoisotopic (exact) mass is 448 g/mol. The fraction of sp³-hybridized carbons (Fsp3) is 0.842. The molecule has 180 valence electrons. The Morgan fingerprint density at radius 1 is 1.03 bits per heavy atom. The highest BCUT2D eigenvalue weighted by Gasteiger charge is 2.42. The van der Waals surface area contributed by atoms with E-state index in [1.807, 2.05) is 0 Å². The molecule has 0 saturated carbocycles. The lowest BCUT2D eigenvalue weighted by atomic mass is 10.0. The molecule has 0 spiro atoms. The molecule has 1 heterocycles. The largest absolute Gasteiger partial charge is 0.388 e. The number of hydrogen-bond donors (Lipinski definition) is 7. The van der Waals surface area contributed by atoms with Gasteiger partial charge in [-0.25, -0.2) is 0 Å². The van der Waals surface area contributed by atoms with E-state index in [2.05, 4.69) is 10.6 Å². The van der Waals surface area contributed by atoms with Crippen LogP contribution in [0.25, 0.3) is 0 Å². The van der Waals surface area contributed by atoms with Crippen LogP contribution in [0.2, 0.25) is 0 Å². The zero-order valence-electron chi connectivity index (χ0n) is 18.0. The topological polar surface area (TPSA) is 206 Å². The molecule has 1 aliphatic rings. The number of rotatable bonds is 13. The van der Waals surface area contributed by atoms with Gasteiger partial charge in [0.2, 0.25) is 17.7 Å². The Bertz CT molecular complexity index is 591. The second-order valence-corrected chi connectivity index (χ2v) is 7.78. The van der Waals surface area contributed by atoms with E-state index in [4.69, 9.17) is 20.9 Å². The summed E-state index contributed by atoms with van der Waals surface area (Å²) in [6, 6.07) is -1.88. The Hall–Kier alpha value is -1.83. The maximum absolute atomic E-state index is 12.2. The number of aliphatic hydroxyl groups is 3. The molecule has 9 N–H and O–H groups in total. The molecule has 0 bridgehead atoms. The number of carbonyl (C=O) groups is 3. The number of primary amides is 1. The molecule has 0 aromatic heterocycles. The van der Waals surface area contributed by atoms with E-state index in [1.54, 1.807) is 6.92 Å². The van der Waals surface area contributed by atoms with Gasteiger partial charge in [-0.3, -0.25) is 14.4 Å². The first-order chi connectivity index (χ1) is 14.5. The highest BCUT2D eigenvalue weighted by atomic mass is 16.7. The molecular weight excluding hydrogens is 412 g/mol. The van der Waals surface area contributed by atoms with Crippen LogP contribution in [0, 0.1) is 0 Å². The van der Waals surface area contributed by atoms with Crippen LogP contribution < -0.4 is 22.1 Å². The summed E-state index contributed by atoms with van der Waals surface area (Å²) in [5.74, 6) is -1.77. The third kappa shape index (κ3) is 9.46. The molecule has 1 aliphatic heterocycles. The van der Waals surface area contributed by atoms with Crippen molar-refractivity contribution in [2.45, 2.75) is 88.7 Å². The minimum absolute atomic E-state index is 0.299. The van der Waals surface area contributed by atoms with Crippen LogP contribution in [0.3, 0.4) is 0 Å². The molecule has 1 saturated heterocycles. The molecular formula is C19H36N4O8. The Labute approximate surface area is 181 Å². The van der Waals surface area contributed by atoms with Gasteiger partial charge in [0.15, 0.2) is 6.29 Å². The molecule has 12 heteroatoms. The van der Waals surface area contributed by atoms with Gasteiger partial charge in [-0.15, -0.1) is 0 Å². The molecule has 0 aromatic carbocycles. The molecule has 0 aliphatic carbocycles. The number of nitrogens with two attached hydrogens (primary N) is 2. The Morgan fingerprint density at radius 2 is 1.68 bits per heavy atom. The van der Waals surface area contributed by atoms with Gasteiger partial charge in [0.05, 0.1) is 18.6 Å². The van der Waals surface area contributed by atoms with Crippen molar-refractivity contribution in [2.24, 2.45) is 11.5 Å².